The van der Waals surface area contributed by atoms with Gasteiger partial charge in [0.2, 0.25) is 0 Å². The Morgan fingerprint density at radius 2 is 1.20 bits per heavy atom. The Labute approximate surface area is 142 Å². The molecule has 0 bridgehead atoms. The van der Waals surface area contributed by atoms with Crippen molar-refractivity contribution < 1.29 is 22.8 Å². The van der Waals surface area contributed by atoms with E-state index < -0.39 is 0 Å². The van der Waals surface area contributed by atoms with Crippen molar-refractivity contribution >= 4 is 123 Å². The van der Waals surface area contributed by atoms with E-state index in [0.29, 0.717) is 0 Å². The fraction of sp³-hybridized carbons (Fsp3) is 0. The van der Waals surface area contributed by atoms with Gasteiger partial charge in [-0.05, 0) is 11.0 Å². The van der Waals surface area contributed by atoms with Crippen LogP contribution in [0.15, 0.2) is 0 Å². The van der Waals surface area contributed by atoms with E-state index in [4.69, 9.17) is 0 Å². The summed E-state index contributed by atoms with van der Waals surface area (Å²) in [6.07, 6.45) is 0. The molecule has 0 aromatic heterocycles. The average molecular weight is 346 g/mol. The zero-order chi connectivity index (χ0) is 0. The molecular formula is H10AlBaFeSiSr. The Kier molecular flexibility index (Phi) is 165. The van der Waals surface area contributed by atoms with Crippen molar-refractivity contribution in [3.63, 3.8) is 0 Å². The van der Waals surface area contributed by atoms with Crippen LogP contribution in [0.4, 0.5) is 0 Å². The van der Waals surface area contributed by atoms with Gasteiger partial charge in [-0.1, -0.05) is 0 Å². The minimum Gasteiger partial charge on any atom is -1.00 e. The number of hydrogen-bond donors (Lipinski definition) is 0. The summed E-state index contributed by atoms with van der Waals surface area (Å²) in [6.45, 7) is 0. The molecule has 0 saturated heterocycles. The largest absolute Gasteiger partial charge is 2.00 e. The summed E-state index contributed by atoms with van der Waals surface area (Å²) in [4.78, 5) is 0. The molecule has 1 radical (unpaired) electrons. The Bertz CT molecular complexity index is 20.5. The van der Waals surface area contributed by atoms with E-state index in [2.05, 4.69) is 0 Å². The first-order chi connectivity index (χ1) is 0. The summed E-state index contributed by atoms with van der Waals surface area (Å²) in [6, 6.07) is 0. The molecule has 0 heterocycles. The second-order valence-corrected chi connectivity index (χ2v) is 0. The van der Waals surface area contributed by atoms with Crippen LogP contribution in [0, 0.1) is 0 Å². The summed E-state index contributed by atoms with van der Waals surface area (Å²) >= 11 is 0. The molecule has 0 fully saturated rings. The summed E-state index contributed by atoms with van der Waals surface area (Å²) in [5.41, 5.74) is 0. The molecule has 0 aliphatic carbocycles. The molecule has 0 aliphatic heterocycles. The second-order valence-electron chi connectivity index (χ2n) is 0. The van der Waals surface area contributed by atoms with Crippen LogP contribution in [-0.2, 0) is 17.1 Å². The first-order valence-electron chi connectivity index (χ1n) is 0. The molecule has 0 aliphatic rings. The zero-order valence-corrected chi connectivity index (χ0v) is 13.8. The van der Waals surface area contributed by atoms with E-state index in [-0.39, 0.29) is 145 Å². The topological polar surface area (TPSA) is 0 Å². The van der Waals surface area contributed by atoms with E-state index >= 15 is 0 Å². The Balaban J connectivity index is 0. The summed E-state index contributed by atoms with van der Waals surface area (Å²) in [5.74, 6) is 0. The summed E-state index contributed by atoms with van der Waals surface area (Å²) < 4.78 is 0. The maximum Gasteiger partial charge on any atom is 2.00 e. The normalized spacial score (nSPS) is 0. The van der Waals surface area contributed by atoms with E-state index in [0.717, 1.165) is 0 Å². The second kappa shape index (κ2) is 23.9. The third-order valence-corrected chi connectivity index (χ3v) is 0. The molecule has 0 atom stereocenters. The molecule has 0 N–H and O–H groups in total. The van der Waals surface area contributed by atoms with Crippen molar-refractivity contribution in [1.29, 1.82) is 0 Å². The first kappa shape index (κ1) is 34.6. The van der Waals surface area contributed by atoms with Crippen molar-refractivity contribution in [3.05, 3.63) is 0 Å². The predicted molar refractivity (Wildman–Crippen MR) is 35.8 cm³/mol. The van der Waals surface area contributed by atoms with Crippen molar-refractivity contribution in [1.82, 2.24) is 0 Å². The van der Waals surface area contributed by atoms with Crippen LogP contribution in [0.3, 0.4) is 0 Å². The molecule has 0 aromatic carbocycles. The predicted octanol–water partition coefficient (Wildman–Crippen LogP) is -2.68. The third kappa shape index (κ3) is 17.8. The first-order valence-corrected chi connectivity index (χ1v) is 0. The molecular weight excluding hydrogens is 336 g/mol. The van der Waals surface area contributed by atoms with E-state index in [1.165, 1.54) is 0 Å². The van der Waals surface area contributed by atoms with Gasteiger partial charge in [0.05, 0.1) is 0 Å². The SMILES string of the molecule is [AlH3].[Ba+2].[Fe].[H-].[H-].[H-].[H-].[SiH3].[Sr+2]. The van der Waals surface area contributed by atoms with Crippen LogP contribution in [-0.4, -0.2) is 123 Å². The molecule has 0 aromatic rings. The fourth-order valence-corrected chi connectivity index (χ4v) is 0. The van der Waals surface area contributed by atoms with Gasteiger partial charge in [0.15, 0.2) is 17.4 Å². The molecule has 0 spiro atoms. The van der Waals surface area contributed by atoms with Crippen LogP contribution in [0.25, 0.3) is 0 Å². The molecule has 0 unspecified atom stereocenters. The van der Waals surface area contributed by atoms with E-state index in [9.17, 15) is 0 Å². The molecule has 5 heteroatoms. The molecule has 29 valence electrons. The molecule has 0 rings (SSSR count). The standard InChI is InChI=1S/Al.Ba.Fe.H3Si.Sr.7H/h;;;1H3;;;;;;;;/q;+2;;;+2;;;;4*-1. The maximum atomic E-state index is 0. The van der Waals surface area contributed by atoms with Crippen LogP contribution in [0.1, 0.15) is 5.71 Å². The van der Waals surface area contributed by atoms with Gasteiger partial charge in [-0.15, -0.1) is 0 Å². The van der Waals surface area contributed by atoms with Gasteiger partial charge < -0.3 is 5.71 Å². The minimum absolute atomic E-state index is 0. The zero-order valence-electron chi connectivity index (χ0n) is 6.77. The van der Waals surface area contributed by atoms with Gasteiger partial charge >= 0.3 is 94.4 Å². The van der Waals surface area contributed by atoms with E-state index in [1.807, 2.05) is 0 Å². The van der Waals surface area contributed by atoms with Gasteiger partial charge in [0.25, 0.3) is 0 Å². The van der Waals surface area contributed by atoms with Gasteiger partial charge in [-0.25, -0.2) is 0 Å². The van der Waals surface area contributed by atoms with Crippen LogP contribution >= 0.6 is 0 Å². The van der Waals surface area contributed by atoms with Crippen LogP contribution in [0.5, 0.6) is 0 Å². The molecule has 0 nitrogen and oxygen atoms in total. The Morgan fingerprint density at radius 1 is 1.20 bits per heavy atom. The Morgan fingerprint density at radius 3 is 1.20 bits per heavy atom. The van der Waals surface area contributed by atoms with Gasteiger partial charge in [0, 0.05) is 17.1 Å². The van der Waals surface area contributed by atoms with Crippen molar-refractivity contribution in [3.8, 4) is 0 Å². The molecule has 5 heavy (non-hydrogen) atoms. The molecule has 0 amide bonds. The summed E-state index contributed by atoms with van der Waals surface area (Å²) in [5, 5.41) is 0. The molecule has 0 saturated carbocycles. The summed E-state index contributed by atoms with van der Waals surface area (Å²) in [7, 11) is 0. The van der Waals surface area contributed by atoms with Gasteiger partial charge in [-0.2, -0.15) is 0 Å². The smallest absolute Gasteiger partial charge is 1.00 e. The number of rotatable bonds is 0. The third-order valence-electron chi connectivity index (χ3n) is 0. The quantitative estimate of drug-likeness (QED) is 0.420. The minimum atomic E-state index is 0. The monoisotopic (exact) mass is 347 g/mol. The van der Waals surface area contributed by atoms with Gasteiger partial charge in [-0.3, -0.25) is 0 Å². The number of hydrogen-bond acceptors (Lipinski definition) is 0. The van der Waals surface area contributed by atoms with Crippen LogP contribution in [0.2, 0.25) is 0 Å². The van der Waals surface area contributed by atoms with Crippen molar-refractivity contribution in [2.45, 2.75) is 0 Å². The van der Waals surface area contributed by atoms with Crippen LogP contribution < -0.4 is 0 Å². The van der Waals surface area contributed by atoms with E-state index in [1.54, 1.807) is 0 Å². The fourth-order valence-electron chi connectivity index (χ4n) is 0. The van der Waals surface area contributed by atoms with Crippen molar-refractivity contribution in [2.75, 3.05) is 0 Å². The maximum absolute atomic E-state index is 0. The van der Waals surface area contributed by atoms with Crippen molar-refractivity contribution in [2.24, 2.45) is 0 Å². The average Bonchev–Trinajstić information content (AvgIpc) is 0. The van der Waals surface area contributed by atoms with Gasteiger partial charge in [0.1, 0.15) is 0 Å². The Hall–Kier alpha value is 4.32.